The van der Waals surface area contributed by atoms with E-state index in [1.807, 2.05) is 30.3 Å². The number of benzene rings is 2. The lowest BCUT2D eigenvalue weighted by Crippen LogP contribution is -2.32. The van der Waals surface area contributed by atoms with Crippen LogP contribution in [0.3, 0.4) is 0 Å². The Morgan fingerprint density at radius 2 is 2.00 bits per heavy atom. The summed E-state index contributed by atoms with van der Waals surface area (Å²) in [6.07, 6.45) is 2.25. The van der Waals surface area contributed by atoms with Crippen molar-refractivity contribution in [2.24, 2.45) is 0 Å². The van der Waals surface area contributed by atoms with E-state index in [1.54, 1.807) is 11.0 Å². The number of carbonyl (C=O) groups excluding carboxylic acids is 1. The van der Waals surface area contributed by atoms with Gasteiger partial charge >= 0.3 is 0 Å². The standard InChI is InChI=1S/C22H20ClN3O3/c23-18-7-2-1-4-16(18)21-24-20(25-29-21)15-5-3-6-17-14(15)8-9-22(17)12-19(28)26(13-22)10-11-27/h1-7,27H,8-13H2. The molecule has 2 heterocycles. The molecule has 1 spiro atoms. The molecule has 1 N–H and O–H groups in total. The summed E-state index contributed by atoms with van der Waals surface area (Å²) in [5, 5.41) is 14.0. The van der Waals surface area contributed by atoms with E-state index >= 15 is 0 Å². The molecule has 2 aromatic carbocycles. The number of hydrogen-bond acceptors (Lipinski definition) is 5. The van der Waals surface area contributed by atoms with Crippen LogP contribution in [0.4, 0.5) is 0 Å². The van der Waals surface area contributed by atoms with Gasteiger partial charge in [-0.2, -0.15) is 4.98 Å². The van der Waals surface area contributed by atoms with E-state index in [2.05, 4.69) is 16.2 Å². The second-order valence-corrected chi connectivity index (χ2v) is 8.14. The molecule has 2 aliphatic rings. The molecule has 1 unspecified atom stereocenters. The minimum atomic E-state index is -0.188. The van der Waals surface area contributed by atoms with Crippen LogP contribution in [0, 0.1) is 0 Å². The second kappa shape index (κ2) is 6.97. The zero-order chi connectivity index (χ0) is 20.0. The average molecular weight is 410 g/mol. The van der Waals surface area contributed by atoms with E-state index in [0.717, 1.165) is 18.4 Å². The van der Waals surface area contributed by atoms with Crippen molar-refractivity contribution in [3.63, 3.8) is 0 Å². The molecule has 29 heavy (non-hydrogen) atoms. The van der Waals surface area contributed by atoms with Crippen LogP contribution in [-0.4, -0.2) is 45.8 Å². The van der Waals surface area contributed by atoms with Crippen LogP contribution in [0.1, 0.15) is 24.0 Å². The summed E-state index contributed by atoms with van der Waals surface area (Å²) in [5.74, 6) is 1.03. The predicted molar refractivity (Wildman–Crippen MR) is 108 cm³/mol. The van der Waals surface area contributed by atoms with Crippen LogP contribution in [0.15, 0.2) is 47.0 Å². The third kappa shape index (κ3) is 2.94. The topological polar surface area (TPSA) is 79.5 Å². The molecule has 1 aliphatic heterocycles. The minimum Gasteiger partial charge on any atom is -0.395 e. The molecule has 0 bridgehead atoms. The highest BCUT2D eigenvalue weighted by atomic mass is 35.5. The highest BCUT2D eigenvalue weighted by molar-refractivity contribution is 6.33. The lowest BCUT2D eigenvalue weighted by molar-refractivity contribution is -0.128. The molecule has 1 aliphatic carbocycles. The van der Waals surface area contributed by atoms with Crippen molar-refractivity contribution in [2.45, 2.75) is 24.7 Å². The summed E-state index contributed by atoms with van der Waals surface area (Å²) in [6.45, 7) is 1.03. The molecule has 1 atom stereocenters. The third-order valence-corrected chi connectivity index (χ3v) is 6.41. The van der Waals surface area contributed by atoms with Gasteiger partial charge in [0.1, 0.15) is 0 Å². The van der Waals surface area contributed by atoms with Gasteiger partial charge in [-0.1, -0.05) is 47.1 Å². The Balaban J connectivity index is 1.52. The van der Waals surface area contributed by atoms with Gasteiger partial charge in [-0.05, 0) is 36.1 Å². The Morgan fingerprint density at radius 1 is 1.17 bits per heavy atom. The van der Waals surface area contributed by atoms with Gasteiger partial charge in [0.15, 0.2) is 0 Å². The maximum Gasteiger partial charge on any atom is 0.259 e. The van der Waals surface area contributed by atoms with E-state index in [9.17, 15) is 9.90 Å². The number of β-amino-alcohol motifs (C(OH)–C–C–N with tert-alkyl or cyclic N) is 1. The molecule has 3 aromatic rings. The Hall–Kier alpha value is -2.70. The van der Waals surface area contributed by atoms with Crippen molar-refractivity contribution in [2.75, 3.05) is 19.7 Å². The fraction of sp³-hybridized carbons (Fsp3) is 0.318. The molecule has 0 saturated carbocycles. The first-order chi connectivity index (χ1) is 14.1. The molecule has 1 amide bonds. The van der Waals surface area contributed by atoms with Crippen molar-refractivity contribution < 1.29 is 14.4 Å². The number of hydrogen-bond donors (Lipinski definition) is 1. The Bertz CT molecular complexity index is 1100. The monoisotopic (exact) mass is 409 g/mol. The number of carbonyl (C=O) groups is 1. The molecule has 1 saturated heterocycles. The summed E-state index contributed by atoms with van der Waals surface area (Å²) in [4.78, 5) is 18.8. The minimum absolute atomic E-state index is 0.0115. The second-order valence-electron chi connectivity index (χ2n) is 7.73. The van der Waals surface area contributed by atoms with E-state index in [-0.39, 0.29) is 17.9 Å². The number of halogens is 1. The number of nitrogens with zero attached hydrogens (tertiary/aromatic N) is 3. The number of fused-ring (bicyclic) bond motifs is 2. The third-order valence-electron chi connectivity index (χ3n) is 6.08. The number of aliphatic hydroxyl groups is 1. The molecule has 1 fully saturated rings. The molecule has 7 heteroatoms. The van der Waals surface area contributed by atoms with Gasteiger partial charge in [0, 0.05) is 30.5 Å². The predicted octanol–water partition coefficient (Wildman–Crippen LogP) is 3.47. The zero-order valence-electron chi connectivity index (χ0n) is 15.8. The molecule has 6 nitrogen and oxygen atoms in total. The lowest BCUT2D eigenvalue weighted by Gasteiger charge is -2.24. The van der Waals surface area contributed by atoms with Gasteiger partial charge in [-0.3, -0.25) is 4.79 Å². The molecular weight excluding hydrogens is 390 g/mol. The molecular formula is C22H20ClN3O3. The average Bonchev–Trinajstić information content (AvgIpc) is 3.42. The SMILES string of the molecule is O=C1CC2(CCc3c(-c4noc(-c5ccccc5Cl)n4)cccc32)CN1CCO. The number of aromatic nitrogens is 2. The molecule has 5 rings (SSSR count). The van der Waals surface area contributed by atoms with Crippen LogP contribution in [0.2, 0.25) is 5.02 Å². The molecule has 0 radical (unpaired) electrons. The van der Waals surface area contributed by atoms with Gasteiger partial charge in [-0.15, -0.1) is 0 Å². The Labute approximate surface area is 173 Å². The van der Waals surface area contributed by atoms with Crippen LogP contribution in [0.25, 0.3) is 22.8 Å². The van der Waals surface area contributed by atoms with Gasteiger partial charge in [0.2, 0.25) is 11.7 Å². The number of aliphatic hydroxyl groups excluding tert-OH is 1. The summed E-state index contributed by atoms with van der Waals surface area (Å²) >= 11 is 6.26. The highest BCUT2D eigenvalue weighted by Crippen LogP contribution is 2.48. The van der Waals surface area contributed by atoms with Crippen LogP contribution in [-0.2, 0) is 16.6 Å². The van der Waals surface area contributed by atoms with Gasteiger partial charge < -0.3 is 14.5 Å². The maximum absolute atomic E-state index is 12.4. The number of likely N-dealkylation sites (tertiary alicyclic amines) is 1. The van der Waals surface area contributed by atoms with Gasteiger partial charge in [0.25, 0.3) is 5.89 Å². The van der Waals surface area contributed by atoms with Gasteiger partial charge in [-0.25, -0.2) is 0 Å². The summed E-state index contributed by atoms with van der Waals surface area (Å²) < 4.78 is 5.49. The zero-order valence-corrected chi connectivity index (χ0v) is 16.5. The normalized spacial score (nSPS) is 20.6. The first-order valence-electron chi connectivity index (χ1n) is 9.71. The number of amides is 1. The Kier molecular flexibility index (Phi) is 4.41. The van der Waals surface area contributed by atoms with E-state index in [4.69, 9.17) is 16.1 Å². The summed E-state index contributed by atoms with van der Waals surface area (Å²) in [6, 6.07) is 13.5. The Morgan fingerprint density at radius 3 is 2.83 bits per heavy atom. The highest BCUT2D eigenvalue weighted by Gasteiger charge is 2.48. The first kappa shape index (κ1) is 18.3. The van der Waals surface area contributed by atoms with Crippen molar-refractivity contribution in [3.8, 4) is 22.8 Å². The smallest absolute Gasteiger partial charge is 0.259 e. The van der Waals surface area contributed by atoms with Crippen molar-refractivity contribution in [1.29, 1.82) is 0 Å². The number of rotatable bonds is 4. The van der Waals surface area contributed by atoms with Crippen molar-refractivity contribution in [3.05, 3.63) is 58.6 Å². The fourth-order valence-corrected chi connectivity index (χ4v) is 4.94. The van der Waals surface area contributed by atoms with Gasteiger partial charge in [0.05, 0.1) is 17.2 Å². The first-order valence-corrected chi connectivity index (χ1v) is 10.1. The van der Waals surface area contributed by atoms with Crippen LogP contribution >= 0.6 is 11.6 Å². The van der Waals surface area contributed by atoms with Crippen molar-refractivity contribution in [1.82, 2.24) is 15.0 Å². The lowest BCUT2D eigenvalue weighted by atomic mass is 9.80. The van der Waals surface area contributed by atoms with Crippen LogP contribution < -0.4 is 0 Å². The maximum atomic E-state index is 12.4. The van der Waals surface area contributed by atoms with Crippen molar-refractivity contribution >= 4 is 17.5 Å². The fourth-order valence-electron chi connectivity index (χ4n) is 4.72. The van der Waals surface area contributed by atoms with E-state index < -0.39 is 0 Å². The van der Waals surface area contributed by atoms with Crippen LogP contribution in [0.5, 0.6) is 0 Å². The molecule has 1 aromatic heterocycles. The van der Waals surface area contributed by atoms with E-state index in [0.29, 0.717) is 41.8 Å². The summed E-state index contributed by atoms with van der Waals surface area (Å²) in [7, 11) is 0. The summed E-state index contributed by atoms with van der Waals surface area (Å²) in [5.41, 5.74) is 3.82. The quantitative estimate of drug-likeness (QED) is 0.713. The molecule has 148 valence electrons. The largest absolute Gasteiger partial charge is 0.395 e. The van der Waals surface area contributed by atoms with E-state index in [1.165, 1.54) is 11.1 Å².